The van der Waals surface area contributed by atoms with E-state index in [-0.39, 0.29) is 5.82 Å². The van der Waals surface area contributed by atoms with Crippen LogP contribution in [0.15, 0.2) is 59.3 Å². The zero-order valence-corrected chi connectivity index (χ0v) is 13.7. The minimum Gasteiger partial charge on any atom is -0.361 e. The van der Waals surface area contributed by atoms with E-state index >= 15 is 0 Å². The van der Waals surface area contributed by atoms with Crippen molar-refractivity contribution in [1.29, 1.82) is 0 Å². The number of nitrogens with zero attached hydrogens (tertiary/aromatic N) is 2. The molecule has 0 fully saturated rings. The van der Waals surface area contributed by atoms with Gasteiger partial charge < -0.3 is 9.51 Å². The second-order valence-corrected chi connectivity index (χ2v) is 6.12. The van der Waals surface area contributed by atoms with Gasteiger partial charge in [-0.15, -0.1) is 0 Å². The van der Waals surface area contributed by atoms with E-state index in [9.17, 15) is 4.39 Å². The maximum Gasteiger partial charge on any atom is 0.226 e. The van der Waals surface area contributed by atoms with Gasteiger partial charge in [-0.25, -0.2) is 4.39 Å². The molecule has 0 unspecified atom stereocenters. The molecule has 2 heterocycles. The summed E-state index contributed by atoms with van der Waals surface area (Å²) in [5.74, 6) is 0.971. The Labute approximate surface area is 144 Å². The molecule has 2 aromatic carbocycles. The molecule has 126 valence electrons. The fourth-order valence-electron chi connectivity index (χ4n) is 3.06. The molecule has 0 saturated heterocycles. The number of para-hydroxylation sites is 1. The number of hydrogen-bond acceptors (Lipinski definition) is 3. The molecule has 0 aliphatic rings. The Morgan fingerprint density at radius 2 is 1.96 bits per heavy atom. The highest BCUT2D eigenvalue weighted by Gasteiger charge is 2.09. The van der Waals surface area contributed by atoms with Crippen LogP contribution in [0.4, 0.5) is 4.39 Å². The fourth-order valence-corrected chi connectivity index (χ4v) is 3.06. The van der Waals surface area contributed by atoms with Crippen LogP contribution in [0, 0.1) is 5.82 Å². The normalized spacial score (nSPS) is 11.2. The molecule has 0 bridgehead atoms. The molecule has 4 nitrogen and oxygen atoms in total. The second-order valence-electron chi connectivity index (χ2n) is 6.12. The molecule has 0 aliphatic heterocycles. The first kappa shape index (κ1) is 15.6. The first-order valence-corrected chi connectivity index (χ1v) is 8.39. The van der Waals surface area contributed by atoms with Gasteiger partial charge in [-0.05, 0) is 42.2 Å². The van der Waals surface area contributed by atoms with Crippen molar-refractivity contribution in [2.45, 2.75) is 25.7 Å². The number of hydrogen-bond donors (Lipinski definition) is 1. The Bertz CT molecular complexity index is 989. The van der Waals surface area contributed by atoms with E-state index in [0.717, 1.165) is 30.3 Å². The van der Waals surface area contributed by atoms with Gasteiger partial charge in [0.15, 0.2) is 5.82 Å². The summed E-state index contributed by atoms with van der Waals surface area (Å²) in [5.41, 5.74) is 3.30. The smallest absolute Gasteiger partial charge is 0.226 e. The van der Waals surface area contributed by atoms with Crippen molar-refractivity contribution in [2.24, 2.45) is 0 Å². The van der Waals surface area contributed by atoms with Gasteiger partial charge in [0.1, 0.15) is 5.82 Å². The molecular weight excluding hydrogens is 317 g/mol. The zero-order chi connectivity index (χ0) is 17.1. The van der Waals surface area contributed by atoms with Gasteiger partial charge in [-0.1, -0.05) is 35.5 Å². The lowest BCUT2D eigenvalue weighted by Gasteiger charge is -1.97. The van der Waals surface area contributed by atoms with Gasteiger partial charge in [0, 0.05) is 29.9 Å². The summed E-state index contributed by atoms with van der Waals surface area (Å²) in [5, 5.41) is 5.26. The molecule has 1 N–H and O–H groups in total. The van der Waals surface area contributed by atoms with Crippen molar-refractivity contribution in [3.8, 4) is 0 Å². The van der Waals surface area contributed by atoms with Gasteiger partial charge >= 0.3 is 0 Å². The number of aromatic nitrogens is 3. The summed E-state index contributed by atoms with van der Waals surface area (Å²) in [7, 11) is 0. The lowest BCUT2D eigenvalue weighted by molar-refractivity contribution is 0.371. The standard InChI is InChI=1S/C20H18FN3O/c21-16-7-3-5-14(11-16)12-19-23-20(25-24-19)10-4-6-15-13-22-18-9-2-1-8-17(15)18/h1-3,5,7-9,11,13,22H,4,6,10,12H2. The number of H-pyrrole nitrogens is 1. The van der Waals surface area contributed by atoms with E-state index in [0.29, 0.717) is 18.1 Å². The van der Waals surface area contributed by atoms with Crippen molar-refractivity contribution in [2.75, 3.05) is 0 Å². The first-order valence-electron chi connectivity index (χ1n) is 8.39. The quantitative estimate of drug-likeness (QED) is 0.566. The van der Waals surface area contributed by atoms with Crippen LogP contribution in [0.5, 0.6) is 0 Å². The molecule has 0 spiro atoms. The molecule has 0 aliphatic carbocycles. The summed E-state index contributed by atoms with van der Waals surface area (Å²) in [6.45, 7) is 0. The van der Waals surface area contributed by atoms with Gasteiger partial charge in [0.05, 0.1) is 0 Å². The summed E-state index contributed by atoms with van der Waals surface area (Å²) >= 11 is 0. The molecule has 0 atom stereocenters. The fraction of sp³-hybridized carbons (Fsp3) is 0.200. The van der Waals surface area contributed by atoms with Crippen LogP contribution < -0.4 is 0 Å². The third-order valence-electron chi connectivity index (χ3n) is 4.27. The first-order chi connectivity index (χ1) is 12.3. The highest BCUT2D eigenvalue weighted by atomic mass is 19.1. The van der Waals surface area contributed by atoms with Crippen LogP contribution in [-0.4, -0.2) is 15.1 Å². The third-order valence-corrected chi connectivity index (χ3v) is 4.27. The molecular formula is C20H18FN3O. The third kappa shape index (κ3) is 3.60. The van der Waals surface area contributed by atoms with Gasteiger partial charge in [0.2, 0.25) is 5.89 Å². The number of nitrogens with one attached hydrogen (secondary N) is 1. The Balaban J connectivity index is 1.35. The molecule has 0 saturated carbocycles. The second kappa shape index (κ2) is 6.89. The van der Waals surface area contributed by atoms with Crippen molar-refractivity contribution >= 4 is 10.9 Å². The van der Waals surface area contributed by atoms with Crippen LogP contribution >= 0.6 is 0 Å². The summed E-state index contributed by atoms with van der Waals surface area (Å²) < 4.78 is 18.5. The predicted octanol–water partition coefficient (Wildman–Crippen LogP) is 4.46. The van der Waals surface area contributed by atoms with E-state index in [1.165, 1.54) is 23.1 Å². The summed E-state index contributed by atoms with van der Waals surface area (Å²) in [4.78, 5) is 7.70. The maximum atomic E-state index is 13.2. The van der Waals surface area contributed by atoms with Gasteiger partial charge in [-0.3, -0.25) is 0 Å². The van der Waals surface area contributed by atoms with Crippen molar-refractivity contribution in [1.82, 2.24) is 15.1 Å². The van der Waals surface area contributed by atoms with Gasteiger partial charge in [-0.2, -0.15) is 4.98 Å². The lowest BCUT2D eigenvalue weighted by atomic mass is 10.1. The zero-order valence-electron chi connectivity index (χ0n) is 13.7. The molecule has 5 heteroatoms. The van der Waals surface area contributed by atoms with Crippen LogP contribution in [0.2, 0.25) is 0 Å². The Morgan fingerprint density at radius 3 is 2.88 bits per heavy atom. The van der Waals surface area contributed by atoms with E-state index in [1.54, 1.807) is 6.07 Å². The minimum atomic E-state index is -0.250. The highest BCUT2D eigenvalue weighted by Crippen LogP contribution is 2.19. The number of rotatable bonds is 6. The van der Waals surface area contributed by atoms with Crippen LogP contribution in [0.1, 0.15) is 29.3 Å². The number of aromatic amines is 1. The number of benzene rings is 2. The molecule has 0 radical (unpaired) electrons. The topological polar surface area (TPSA) is 54.7 Å². The van der Waals surface area contributed by atoms with E-state index in [4.69, 9.17) is 4.52 Å². The summed E-state index contributed by atoms with van der Waals surface area (Å²) in [6, 6.07) is 14.8. The van der Waals surface area contributed by atoms with Crippen molar-refractivity contribution in [3.05, 3.63) is 83.4 Å². The molecule has 25 heavy (non-hydrogen) atoms. The van der Waals surface area contributed by atoms with E-state index < -0.39 is 0 Å². The monoisotopic (exact) mass is 335 g/mol. The Hall–Kier alpha value is -2.95. The molecule has 0 amide bonds. The largest absolute Gasteiger partial charge is 0.361 e. The lowest BCUT2D eigenvalue weighted by Crippen LogP contribution is -1.93. The maximum absolute atomic E-state index is 13.2. The average molecular weight is 335 g/mol. The molecule has 4 rings (SSSR count). The van der Waals surface area contributed by atoms with Crippen LogP contribution in [-0.2, 0) is 19.3 Å². The number of fused-ring (bicyclic) bond motifs is 1. The SMILES string of the molecule is Fc1cccc(Cc2noc(CCCc3c[nH]c4ccccc34)n2)c1. The summed E-state index contributed by atoms with van der Waals surface area (Å²) in [6.07, 6.45) is 5.16. The predicted molar refractivity (Wildman–Crippen MR) is 93.8 cm³/mol. The van der Waals surface area contributed by atoms with Crippen molar-refractivity contribution < 1.29 is 8.91 Å². The number of aryl methyl sites for hydroxylation is 2. The minimum absolute atomic E-state index is 0.250. The Morgan fingerprint density at radius 1 is 1.04 bits per heavy atom. The van der Waals surface area contributed by atoms with Crippen molar-refractivity contribution in [3.63, 3.8) is 0 Å². The molecule has 2 aromatic heterocycles. The van der Waals surface area contributed by atoms with E-state index in [2.05, 4.69) is 39.5 Å². The number of halogens is 1. The van der Waals surface area contributed by atoms with E-state index in [1.807, 2.05) is 12.1 Å². The Kier molecular flexibility index (Phi) is 4.29. The van der Waals surface area contributed by atoms with Gasteiger partial charge in [0.25, 0.3) is 0 Å². The van der Waals surface area contributed by atoms with Crippen LogP contribution in [0.3, 0.4) is 0 Å². The molecule has 4 aromatic rings. The van der Waals surface area contributed by atoms with Crippen LogP contribution in [0.25, 0.3) is 10.9 Å². The average Bonchev–Trinajstić information content (AvgIpc) is 3.22. The highest BCUT2D eigenvalue weighted by molar-refractivity contribution is 5.82.